The Bertz CT molecular complexity index is 2030. The molecule has 0 spiro atoms. The van der Waals surface area contributed by atoms with Crippen molar-refractivity contribution in [3.63, 3.8) is 0 Å². The van der Waals surface area contributed by atoms with Crippen molar-refractivity contribution in [2.75, 3.05) is 26.2 Å². The molecule has 1 fully saturated rings. The number of ketones is 1. The maximum Gasteiger partial charge on any atom is 0.254 e. The topological polar surface area (TPSA) is 68.3 Å². The normalized spacial score (nSPS) is 15.0. The summed E-state index contributed by atoms with van der Waals surface area (Å²) in [5.41, 5.74) is 5.61. The average molecular weight is 773 g/mol. The zero-order valence-corrected chi connectivity index (χ0v) is 33.1. The van der Waals surface area contributed by atoms with Crippen molar-refractivity contribution < 1.29 is 23.8 Å². The fraction of sp³-hybridized carbons (Fsp3) is 0.255. The van der Waals surface area contributed by atoms with Crippen molar-refractivity contribution in [1.82, 2.24) is 9.80 Å². The van der Waals surface area contributed by atoms with E-state index in [0.29, 0.717) is 26.2 Å². The number of rotatable bonds is 18. The van der Waals surface area contributed by atoms with Crippen LogP contribution in [0.5, 0.6) is 0 Å². The fourth-order valence-electron chi connectivity index (χ4n) is 8.03. The van der Waals surface area contributed by atoms with Gasteiger partial charge in [-0.05, 0) is 33.4 Å². The minimum atomic E-state index is -1.13. The molecular formula is C51H52N2O5. The number of benzene rings is 6. The minimum absolute atomic E-state index is 0.154. The maximum atomic E-state index is 15.2. The van der Waals surface area contributed by atoms with Crippen LogP contribution in [0.1, 0.15) is 46.7 Å². The third kappa shape index (κ3) is 9.52. The predicted molar refractivity (Wildman–Crippen MR) is 228 cm³/mol. The van der Waals surface area contributed by atoms with Crippen LogP contribution in [0.4, 0.5) is 0 Å². The lowest BCUT2D eigenvalue weighted by Crippen LogP contribution is -2.60. The van der Waals surface area contributed by atoms with Crippen LogP contribution in [0.2, 0.25) is 0 Å². The second-order valence-electron chi connectivity index (χ2n) is 14.6. The first-order valence-corrected chi connectivity index (χ1v) is 20.3. The molecular weight excluding hydrogens is 721 g/mol. The van der Waals surface area contributed by atoms with Gasteiger partial charge in [-0.1, -0.05) is 189 Å². The molecule has 0 saturated carbocycles. The number of nitrogens with zero attached hydrogens (tertiary/aromatic N) is 2. The summed E-state index contributed by atoms with van der Waals surface area (Å²) >= 11 is 0. The van der Waals surface area contributed by atoms with Crippen molar-refractivity contribution in [2.45, 2.75) is 57.0 Å². The summed E-state index contributed by atoms with van der Waals surface area (Å²) in [6, 6.07) is 61.2. The molecule has 58 heavy (non-hydrogen) atoms. The molecule has 6 aromatic carbocycles. The average Bonchev–Trinajstić information content (AvgIpc) is 3.30. The first-order chi connectivity index (χ1) is 28.6. The van der Waals surface area contributed by atoms with Crippen LogP contribution in [0.25, 0.3) is 0 Å². The van der Waals surface area contributed by atoms with Crippen LogP contribution in [-0.2, 0) is 49.2 Å². The number of piperazine rings is 1. The van der Waals surface area contributed by atoms with Gasteiger partial charge in [-0.2, -0.15) is 0 Å². The van der Waals surface area contributed by atoms with Gasteiger partial charge in [0.25, 0.3) is 5.91 Å². The number of hydrogen-bond donors (Lipinski definition) is 0. The lowest BCUT2D eigenvalue weighted by molar-refractivity contribution is -0.181. The van der Waals surface area contributed by atoms with E-state index < -0.39 is 23.9 Å². The molecule has 1 amide bonds. The second-order valence-corrected chi connectivity index (χ2v) is 14.6. The molecule has 7 heteroatoms. The van der Waals surface area contributed by atoms with Crippen LogP contribution in [0.3, 0.4) is 0 Å². The Hall–Kier alpha value is -5.70. The highest BCUT2D eigenvalue weighted by Gasteiger charge is 2.46. The van der Waals surface area contributed by atoms with E-state index in [1.54, 1.807) is 0 Å². The van der Waals surface area contributed by atoms with Crippen molar-refractivity contribution >= 4 is 11.7 Å². The summed E-state index contributed by atoms with van der Waals surface area (Å²) in [6.07, 6.45) is -3.00. The molecule has 0 radical (unpaired) electrons. The molecule has 1 aliphatic rings. The van der Waals surface area contributed by atoms with Crippen molar-refractivity contribution in [3.05, 3.63) is 215 Å². The summed E-state index contributed by atoms with van der Waals surface area (Å²) in [6.45, 7) is 4.40. The number of carbonyl (C=O) groups excluding carboxylic acids is 2. The highest BCUT2D eigenvalue weighted by molar-refractivity contribution is 5.87. The van der Waals surface area contributed by atoms with E-state index in [1.165, 1.54) is 0 Å². The highest BCUT2D eigenvalue weighted by atomic mass is 16.6. The van der Waals surface area contributed by atoms with Gasteiger partial charge in [0, 0.05) is 32.6 Å². The van der Waals surface area contributed by atoms with Gasteiger partial charge in [0.2, 0.25) is 0 Å². The Morgan fingerprint density at radius 2 is 0.828 bits per heavy atom. The lowest BCUT2D eigenvalue weighted by Gasteiger charge is -2.49. The third-order valence-corrected chi connectivity index (χ3v) is 11.0. The Labute approximate surface area is 342 Å². The number of hydrogen-bond acceptors (Lipinski definition) is 6. The van der Waals surface area contributed by atoms with Gasteiger partial charge in [0.1, 0.15) is 12.2 Å². The van der Waals surface area contributed by atoms with Crippen LogP contribution >= 0.6 is 0 Å². The van der Waals surface area contributed by atoms with Crippen molar-refractivity contribution in [2.24, 2.45) is 0 Å². The zero-order valence-electron chi connectivity index (χ0n) is 33.1. The zero-order chi connectivity index (χ0) is 40.0. The smallest absolute Gasteiger partial charge is 0.254 e. The van der Waals surface area contributed by atoms with Crippen LogP contribution in [-0.4, -0.2) is 66.0 Å². The largest absolute Gasteiger partial charge is 0.367 e. The number of Topliss-reactive ketones (excluding diaryl/α,β-unsaturated/α-hetero) is 1. The molecule has 1 saturated heterocycles. The van der Waals surface area contributed by atoms with Gasteiger partial charge >= 0.3 is 0 Å². The first kappa shape index (κ1) is 40.5. The molecule has 0 aromatic heterocycles. The minimum Gasteiger partial charge on any atom is -0.367 e. The van der Waals surface area contributed by atoms with E-state index in [9.17, 15) is 4.79 Å². The lowest BCUT2D eigenvalue weighted by atomic mass is 9.75. The molecule has 3 atom stereocenters. The molecule has 1 heterocycles. The van der Waals surface area contributed by atoms with E-state index >= 15 is 4.79 Å². The Balaban J connectivity index is 1.22. The number of carbonyl (C=O) groups is 2. The van der Waals surface area contributed by atoms with Crippen LogP contribution < -0.4 is 0 Å². The van der Waals surface area contributed by atoms with E-state index in [0.717, 1.165) is 33.4 Å². The highest BCUT2D eigenvalue weighted by Crippen LogP contribution is 2.43. The quantitative estimate of drug-likeness (QED) is 0.0814. The van der Waals surface area contributed by atoms with E-state index in [-0.39, 0.29) is 37.9 Å². The summed E-state index contributed by atoms with van der Waals surface area (Å²) in [4.78, 5) is 33.5. The molecule has 0 bridgehead atoms. The molecule has 296 valence electrons. The van der Waals surface area contributed by atoms with Gasteiger partial charge in [-0.15, -0.1) is 0 Å². The number of amides is 1. The van der Waals surface area contributed by atoms with Gasteiger partial charge in [0.15, 0.2) is 11.9 Å². The standard InChI is InChI=1S/C51H52N2O5/c1-2-46(54)47(56-37-40-21-9-3-10-22-40)48(57-38-41-23-11-4-12-24-41)49(58-39-42-25-13-5-14-26-42)50(55)52-33-35-53(36-34-52)51(43-27-15-6-16-28-43,44-29-17-7-18-30-44)45-31-19-8-20-32-45/h3-32,47-49H,2,33-39H2,1H3/t47-,48+,49-/m1/s1. The Morgan fingerprint density at radius 3 is 1.21 bits per heavy atom. The van der Waals surface area contributed by atoms with E-state index in [1.807, 2.05) is 121 Å². The van der Waals surface area contributed by atoms with Crippen LogP contribution in [0.15, 0.2) is 182 Å². The fourth-order valence-corrected chi connectivity index (χ4v) is 8.03. The molecule has 0 aliphatic carbocycles. The van der Waals surface area contributed by atoms with Gasteiger partial charge in [-0.25, -0.2) is 0 Å². The predicted octanol–water partition coefficient (Wildman–Crippen LogP) is 8.86. The summed E-state index contributed by atoms with van der Waals surface area (Å²) in [5.74, 6) is -0.381. The van der Waals surface area contributed by atoms with Crippen LogP contribution in [0, 0.1) is 0 Å². The monoisotopic (exact) mass is 772 g/mol. The molecule has 7 nitrogen and oxygen atoms in total. The first-order valence-electron chi connectivity index (χ1n) is 20.3. The van der Waals surface area contributed by atoms with E-state index in [4.69, 9.17) is 14.2 Å². The summed E-state index contributed by atoms with van der Waals surface area (Å²) in [5, 5.41) is 0. The molecule has 1 aliphatic heterocycles. The summed E-state index contributed by atoms with van der Waals surface area (Å²) < 4.78 is 19.8. The maximum absolute atomic E-state index is 15.2. The van der Waals surface area contributed by atoms with E-state index in [2.05, 4.69) is 77.7 Å². The van der Waals surface area contributed by atoms with Gasteiger partial charge in [-0.3, -0.25) is 14.5 Å². The SMILES string of the molecule is CCC(=O)[C@@H](OCc1ccccc1)[C@H](OCc1ccccc1)[C@@H](OCc1ccccc1)C(=O)N1CCN(C(c2ccccc2)(c2ccccc2)c2ccccc2)CC1. The van der Waals surface area contributed by atoms with Crippen molar-refractivity contribution in [1.29, 1.82) is 0 Å². The number of ether oxygens (including phenoxy) is 3. The second kappa shape index (κ2) is 20.1. The third-order valence-electron chi connectivity index (χ3n) is 11.0. The van der Waals surface area contributed by atoms with Gasteiger partial charge in [0.05, 0.1) is 25.4 Å². The summed E-state index contributed by atoms with van der Waals surface area (Å²) in [7, 11) is 0. The molecule has 0 unspecified atom stereocenters. The molecule has 6 aromatic rings. The Morgan fingerprint density at radius 1 is 0.483 bits per heavy atom. The van der Waals surface area contributed by atoms with Crippen molar-refractivity contribution in [3.8, 4) is 0 Å². The molecule has 0 N–H and O–H groups in total. The Kier molecular flexibility index (Phi) is 14.1. The van der Waals surface area contributed by atoms with Gasteiger partial charge < -0.3 is 19.1 Å². The molecule has 7 rings (SSSR count).